The number of amides is 1. The number of guanidine groups is 1. The van der Waals surface area contributed by atoms with Crippen molar-refractivity contribution >= 4 is 29.0 Å². The molecule has 4 rings (SSSR count). The number of aromatic amines is 1. The first-order chi connectivity index (χ1) is 13.8. The van der Waals surface area contributed by atoms with Gasteiger partial charge in [-0.05, 0) is 35.4 Å². The number of nitrogens with one attached hydrogen (secondary N) is 2. The van der Waals surface area contributed by atoms with Crippen LogP contribution < -0.4 is 5.32 Å². The molecule has 0 saturated carbocycles. The highest BCUT2D eigenvalue weighted by Gasteiger charge is 2.33. The molecule has 0 bridgehead atoms. The van der Waals surface area contributed by atoms with Crippen LogP contribution in [0, 0.1) is 0 Å². The Balaban J connectivity index is 1.56. The number of fused-ring (bicyclic) bond motifs is 1. The molecule has 2 N–H and O–H groups in total. The van der Waals surface area contributed by atoms with Crippen LogP contribution in [-0.2, 0) is 17.5 Å². The maximum Gasteiger partial charge on any atom is 0.416 e. The van der Waals surface area contributed by atoms with E-state index < -0.39 is 11.7 Å². The highest BCUT2D eigenvalue weighted by Crippen LogP contribution is 2.31. The van der Waals surface area contributed by atoms with E-state index in [0.717, 1.165) is 22.7 Å². The molecule has 3 aromatic rings. The van der Waals surface area contributed by atoms with Gasteiger partial charge >= 0.3 is 6.18 Å². The highest BCUT2D eigenvalue weighted by molar-refractivity contribution is 6.13. The normalized spacial score (nSPS) is 16.0. The van der Waals surface area contributed by atoms with Crippen molar-refractivity contribution in [2.24, 2.45) is 4.99 Å². The molecule has 0 spiro atoms. The second-order valence-corrected chi connectivity index (χ2v) is 6.52. The summed E-state index contributed by atoms with van der Waals surface area (Å²) in [5.41, 5.74) is 1.91. The fraction of sp³-hybridized carbons (Fsp3) is 0.150. The Labute approximate surface area is 163 Å². The van der Waals surface area contributed by atoms with E-state index in [2.05, 4.69) is 20.3 Å². The first-order valence-corrected chi connectivity index (χ1v) is 8.73. The van der Waals surface area contributed by atoms with Crippen LogP contribution in [0.15, 0.2) is 59.5 Å². The lowest BCUT2D eigenvalue weighted by atomic mass is 10.1. The number of nitrogens with zero attached hydrogens (tertiary/aromatic N) is 3. The van der Waals surface area contributed by atoms with Crippen LogP contribution in [0.1, 0.15) is 16.7 Å². The molecule has 1 aromatic heterocycles. The molecule has 0 fully saturated rings. The Hall–Kier alpha value is -3.62. The molecule has 148 valence electrons. The zero-order chi connectivity index (χ0) is 20.6. The Morgan fingerprint density at radius 3 is 2.79 bits per heavy atom. The summed E-state index contributed by atoms with van der Waals surface area (Å²) in [5.74, 6) is -0.155. The second-order valence-electron chi connectivity index (χ2n) is 6.52. The standard InChI is InChI=1S/C20H16F3N5O/c1-28-18(29)17(9-12-6-7-15-16(8-12)26-11-25-15)27-19(28)24-10-13-4-2-3-5-14(13)20(21,22)23/h2-9,11H,10H2,1H3,(H,24,27)(H,25,26)/b17-9-. The number of aromatic nitrogens is 2. The van der Waals surface area contributed by atoms with E-state index in [9.17, 15) is 18.0 Å². The van der Waals surface area contributed by atoms with Gasteiger partial charge in [0.2, 0.25) is 5.96 Å². The number of carbonyl (C=O) groups is 1. The molecule has 0 radical (unpaired) electrons. The number of alkyl halides is 3. The maximum absolute atomic E-state index is 13.1. The number of carbonyl (C=O) groups excluding carboxylic acids is 1. The van der Waals surface area contributed by atoms with Crippen molar-refractivity contribution in [1.82, 2.24) is 20.2 Å². The van der Waals surface area contributed by atoms with Gasteiger partial charge in [-0.3, -0.25) is 9.69 Å². The summed E-state index contributed by atoms with van der Waals surface area (Å²) >= 11 is 0. The number of hydrogen-bond donors (Lipinski definition) is 2. The van der Waals surface area contributed by atoms with Crippen molar-refractivity contribution in [3.05, 3.63) is 71.2 Å². The van der Waals surface area contributed by atoms with Crippen LogP contribution in [0.4, 0.5) is 13.2 Å². The summed E-state index contributed by atoms with van der Waals surface area (Å²) < 4.78 is 39.4. The van der Waals surface area contributed by atoms with E-state index in [-0.39, 0.29) is 29.7 Å². The first-order valence-electron chi connectivity index (χ1n) is 8.73. The lowest BCUT2D eigenvalue weighted by molar-refractivity contribution is -0.138. The van der Waals surface area contributed by atoms with E-state index in [4.69, 9.17) is 0 Å². The summed E-state index contributed by atoms with van der Waals surface area (Å²) in [6.45, 7) is -0.112. The van der Waals surface area contributed by atoms with Gasteiger partial charge in [0.1, 0.15) is 5.70 Å². The van der Waals surface area contributed by atoms with Crippen LogP contribution in [0.5, 0.6) is 0 Å². The van der Waals surface area contributed by atoms with Crippen LogP contribution >= 0.6 is 0 Å². The van der Waals surface area contributed by atoms with Gasteiger partial charge in [0.25, 0.3) is 5.91 Å². The molecule has 0 atom stereocenters. The number of benzene rings is 2. The van der Waals surface area contributed by atoms with Gasteiger partial charge in [0, 0.05) is 13.6 Å². The number of halogens is 3. The zero-order valence-corrected chi connectivity index (χ0v) is 15.3. The van der Waals surface area contributed by atoms with Gasteiger partial charge < -0.3 is 10.3 Å². The summed E-state index contributed by atoms with van der Waals surface area (Å²) in [6.07, 6.45) is -1.26. The molecule has 9 heteroatoms. The summed E-state index contributed by atoms with van der Waals surface area (Å²) in [5, 5.41) is 2.83. The SMILES string of the molecule is CN1C(=O)/C(=C/c2ccc3[nH]cnc3c2)N=C1NCc1ccccc1C(F)(F)F. The molecule has 29 heavy (non-hydrogen) atoms. The minimum atomic E-state index is -4.45. The minimum absolute atomic E-state index is 0.0740. The van der Waals surface area contributed by atoms with Crippen molar-refractivity contribution in [2.45, 2.75) is 12.7 Å². The third kappa shape index (κ3) is 3.71. The zero-order valence-electron chi connectivity index (χ0n) is 15.3. The van der Waals surface area contributed by atoms with E-state index in [0.29, 0.717) is 0 Å². The number of imidazole rings is 1. The average Bonchev–Trinajstić information content (AvgIpc) is 3.26. The van der Waals surface area contributed by atoms with Crippen LogP contribution in [0.3, 0.4) is 0 Å². The van der Waals surface area contributed by atoms with E-state index in [1.165, 1.54) is 30.1 Å². The maximum atomic E-state index is 13.1. The van der Waals surface area contributed by atoms with Gasteiger partial charge in [-0.1, -0.05) is 24.3 Å². The Kier molecular flexibility index (Phi) is 4.57. The van der Waals surface area contributed by atoms with Gasteiger partial charge in [0.15, 0.2) is 0 Å². The Morgan fingerprint density at radius 2 is 2.00 bits per heavy atom. The van der Waals surface area contributed by atoms with E-state index >= 15 is 0 Å². The number of aliphatic imine (C=N–C) groups is 1. The summed E-state index contributed by atoms with van der Waals surface area (Å²) in [4.78, 5) is 25.2. The highest BCUT2D eigenvalue weighted by atomic mass is 19.4. The molecule has 0 unspecified atom stereocenters. The molecule has 0 saturated heterocycles. The van der Waals surface area contributed by atoms with Crippen molar-refractivity contribution in [3.63, 3.8) is 0 Å². The average molecular weight is 399 g/mol. The number of likely N-dealkylation sites (N-methyl/N-ethyl adjacent to an activating group) is 1. The van der Waals surface area contributed by atoms with Crippen molar-refractivity contribution in [3.8, 4) is 0 Å². The molecule has 6 nitrogen and oxygen atoms in total. The smallest absolute Gasteiger partial charge is 0.351 e. The van der Waals surface area contributed by atoms with Gasteiger partial charge in [-0.15, -0.1) is 0 Å². The fourth-order valence-corrected chi connectivity index (χ4v) is 3.08. The predicted molar refractivity (Wildman–Crippen MR) is 103 cm³/mol. The lowest BCUT2D eigenvalue weighted by Crippen LogP contribution is -2.37. The Morgan fingerprint density at radius 1 is 1.21 bits per heavy atom. The van der Waals surface area contributed by atoms with Gasteiger partial charge in [-0.25, -0.2) is 9.98 Å². The molecule has 2 heterocycles. The van der Waals surface area contributed by atoms with Gasteiger partial charge in [-0.2, -0.15) is 13.2 Å². The van der Waals surface area contributed by atoms with Gasteiger partial charge in [0.05, 0.1) is 22.9 Å². The molecule has 1 aliphatic rings. The molecular formula is C20H16F3N5O. The number of H-pyrrole nitrogens is 1. The second kappa shape index (κ2) is 7.08. The van der Waals surface area contributed by atoms with E-state index in [1.54, 1.807) is 12.4 Å². The monoisotopic (exact) mass is 399 g/mol. The molecular weight excluding hydrogens is 383 g/mol. The minimum Gasteiger partial charge on any atom is -0.351 e. The third-order valence-corrected chi connectivity index (χ3v) is 4.58. The van der Waals surface area contributed by atoms with Crippen LogP contribution in [-0.4, -0.2) is 33.8 Å². The molecule has 2 aromatic carbocycles. The largest absolute Gasteiger partial charge is 0.416 e. The molecule has 1 aliphatic heterocycles. The first kappa shape index (κ1) is 18.7. The van der Waals surface area contributed by atoms with E-state index in [1.807, 2.05) is 18.2 Å². The topological polar surface area (TPSA) is 73.4 Å². The fourth-order valence-electron chi connectivity index (χ4n) is 3.08. The van der Waals surface area contributed by atoms with Crippen molar-refractivity contribution < 1.29 is 18.0 Å². The third-order valence-electron chi connectivity index (χ3n) is 4.58. The predicted octanol–water partition coefficient (Wildman–Crippen LogP) is 3.54. The van der Waals surface area contributed by atoms with Crippen molar-refractivity contribution in [2.75, 3.05) is 7.05 Å². The Bertz CT molecular complexity index is 1150. The summed E-state index contributed by atoms with van der Waals surface area (Å²) in [7, 11) is 1.52. The molecule has 0 aliphatic carbocycles. The van der Waals surface area contributed by atoms with Crippen LogP contribution in [0.25, 0.3) is 17.1 Å². The lowest BCUT2D eigenvalue weighted by Gasteiger charge is -2.16. The summed E-state index contributed by atoms with van der Waals surface area (Å²) in [6, 6.07) is 10.8. The number of hydrogen-bond acceptors (Lipinski definition) is 4. The van der Waals surface area contributed by atoms with Crippen molar-refractivity contribution in [1.29, 1.82) is 0 Å². The number of rotatable bonds is 3. The molecule has 1 amide bonds. The quantitative estimate of drug-likeness (QED) is 0.662. The van der Waals surface area contributed by atoms with Crippen LogP contribution in [0.2, 0.25) is 0 Å².